The zero-order valence-electron chi connectivity index (χ0n) is 8.61. The van der Waals surface area contributed by atoms with E-state index in [0.717, 1.165) is 5.92 Å². The molecule has 1 nitrogen and oxygen atoms in total. The molecule has 1 aromatic carbocycles. The van der Waals surface area contributed by atoms with Gasteiger partial charge in [0.2, 0.25) is 0 Å². The number of hydrogen-bond acceptors (Lipinski definition) is 1. The summed E-state index contributed by atoms with van der Waals surface area (Å²) in [5, 5.41) is 0. The second-order valence-corrected chi connectivity index (χ2v) is 4.16. The van der Waals surface area contributed by atoms with Crippen molar-refractivity contribution in [3.63, 3.8) is 0 Å². The van der Waals surface area contributed by atoms with Crippen molar-refractivity contribution >= 4 is 6.08 Å². The molecule has 0 bridgehead atoms. The Labute approximate surface area is 85.6 Å². The van der Waals surface area contributed by atoms with Crippen molar-refractivity contribution in [3.8, 4) is 0 Å². The van der Waals surface area contributed by atoms with Gasteiger partial charge in [-0.2, -0.15) is 0 Å². The molecule has 0 radical (unpaired) electrons. The predicted octanol–water partition coefficient (Wildman–Crippen LogP) is 2.92. The third-order valence-electron chi connectivity index (χ3n) is 2.55. The average molecular weight is 187 g/mol. The summed E-state index contributed by atoms with van der Waals surface area (Å²) in [5.41, 5.74) is 8.42. The molecule has 0 spiro atoms. The van der Waals surface area contributed by atoms with Crippen LogP contribution in [0.3, 0.4) is 0 Å². The molecule has 1 unspecified atom stereocenters. The zero-order valence-corrected chi connectivity index (χ0v) is 8.61. The number of nitrogens with two attached hydrogens (primary N) is 1. The molecule has 1 aromatic rings. The maximum atomic E-state index is 5.66. The van der Waals surface area contributed by atoms with Gasteiger partial charge < -0.3 is 5.73 Å². The van der Waals surface area contributed by atoms with Crippen LogP contribution < -0.4 is 5.73 Å². The van der Waals surface area contributed by atoms with Crippen molar-refractivity contribution in [1.82, 2.24) is 0 Å². The molecule has 1 saturated carbocycles. The minimum Gasteiger partial charge on any atom is -0.325 e. The van der Waals surface area contributed by atoms with Gasteiger partial charge in [0.05, 0.1) is 0 Å². The van der Waals surface area contributed by atoms with Gasteiger partial charge in [-0.15, -0.1) is 0 Å². The van der Waals surface area contributed by atoms with Gasteiger partial charge in [-0.25, -0.2) is 0 Å². The van der Waals surface area contributed by atoms with Crippen LogP contribution in [0, 0.1) is 0 Å². The van der Waals surface area contributed by atoms with Gasteiger partial charge in [0, 0.05) is 6.04 Å². The van der Waals surface area contributed by atoms with E-state index < -0.39 is 0 Å². The highest BCUT2D eigenvalue weighted by molar-refractivity contribution is 5.51. The molecular formula is C13H17N. The van der Waals surface area contributed by atoms with Gasteiger partial charge in [0.25, 0.3) is 0 Å². The van der Waals surface area contributed by atoms with Crippen LogP contribution in [0.25, 0.3) is 6.08 Å². The first-order valence-electron chi connectivity index (χ1n) is 5.29. The zero-order chi connectivity index (χ0) is 9.97. The van der Waals surface area contributed by atoms with Crippen molar-refractivity contribution in [3.05, 3.63) is 41.5 Å². The van der Waals surface area contributed by atoms with E-state index >= 15 is 0 Å². The fourth-order valence-electron chi connectivity index (χ4n) is 1.60. The third kappa shape index (κ3) is 2.46. The molecule has 0 heterocycles. The highest BCUT2D eigenvalue weighted by Gasteiger charge is 2.22. The van der Waals surface area contributed by atoms with Crippen LogP contribution in [0.15, 0.2) is 30.3 Å². The molecule has 1 atom stereocenters. The molecule has 14 heavy (non-hydrogen) atoms. The lowest BCUT2D eigenvalue weighted by atomic mass is 10.1. The van der Waals surface area contributed by atoms with Crippen molar-refractivity contribution in [1.29, 1.82) is 0 Å². The monoisotopic (exact) mass is 187 g/mol. The minimum absolute atomic E-state index is 0.139. The van der Waals surface area contributed by atoms with Crippen LogP contribution in [-0.4, -0.2) is 6.04 Å². The largest absolute Gasteiger partial charge is 0.325 e. The van der Waals surface area contributed by atoms with Gasteiger partial charge in [-0.3, -0.25) is 0 Å². The third-order valence-corrected chi connectivity index (χ3v) is 2.55. The first-order valence-corrected chi connectivity index (χ1v) is 5.29. The molecule has 0 saturated heterocycles. The summed E-state index contributed by atoms with van der Waals surface area (Å²) in [6.07, 6.45) is 6.86. The second kappa shape index (κ2) is 3.97. The number of rotatable bonds is 3. The smallest absolute Gasteiger partial charge is 0.0198 e. The maximum Gasteiger partial charge on any atom is 0.0198 e. The second-order valence-electron chi connectivity index (χ2n) is 4.16. The van der Waals surface area contributed by atoms with E-state index in [1.165, 1.54) is 24.0 Å². The maximum absolute atomic E-state index is 5.66. The van der Waals surface area contributed by atoms with Crippen LogP contribution in [0.4, 0.5) is 0 Å². The van der Waals surface area contributed by atoms with Crippen LogP contribution in [0.1, 0.15) is 36.8 Å². The fourth-order valence-corrected chi connectivity index (χ4v) is 1.60. The Morgan fingerprint density at radius 1 is 1.43 bits per heavy atom. The van der Waals surface area contributed by atoms with E-state index in [1.807, 2.05) is 13.0 Å². The summed E-state index contributed by atoms with van der Waals surface area (Å²) in [7, 11) is 0. The molecule has 1 aliphatic rings. The van der Waals surface area contributed by atoms with Crippen LogP contribution >= 0.6 is 0 Å². The quantitative estimate of drug-likeness (QED) is 0.773. The van der Waals surface area contributed by atoms with Crippen LogP contribution in [0.2, 0.25) is 0 Å². The molecule has 0 amide bonds. The lowest BCUT2D eigenvalue weighted by molar-refractivity contribution is 0.931. The average Bonchev–Trinajstić information content (AvgIpc) is 2.98. The highest BCUT2D eigenvalue weighted by atomic mass is 14.6. The lowest BCUT2D eigenvalue weighted by Crippen LogP contribution is -2.09. The van der Waals surface area contributed by atoms with Crippen molar-refractivity contribution in [2.45, 2.75) is 31.7 Å². The van der Waals surface area contributed by atoms with E-state index in [2.05, 4.69) is 30.3 Å². The summed E-state index contributed by atoms with van der Waals surface area (Å²) in [6.45, 7) is 1.99. The summed E-state index contributed by atoms with van der Waals surface area (Å²) >= 11 is 0. The van der Waals surface area contributed by atoms with E-state index in [1.54, 1.807) is 0 Å². The Morgan fingerprint density at radius 2 is 2.21 bits per heavy atom. The van der Waals surface area contributed by atoms with Gasteiger partial charge in [-0.1, -0.05) is 36.4 Å². The van der Waals surface area contributed by atoms with E-state index in [0.29, 0.717) is 0 Å². The molecule has 1 heteroatoms. The Kier molecular flexibility index (Phi) is 2.69. The van der Waals surface area contributed by atoms with E-state index in [-0.39, 0.29) is 6.04 Å². The number of hydrogen-bond donors (Lipinski definition) is 1. The molecular weight excluding hydrogens is 170 g/mol. The predicted molar refractivity (Wildman–Crippen MR) is 61.1 cm³/mol. The summed E-state index contributed by atoms with van der Waals surface area (Å²) in [5.74, 6) is 0.832. The Hall–Kier alpha value is -1.08. The van der Waals surface area contributed by atoms with Crippen molar-refractivity contribution < 1.29 is 0 Å². The fraction of sp³-hybridized carbons (Fsp3) is 0.385. The van der Waals surface area contributed by atoms with Crippen LogP contribution in [-0.2, 0) is 0 Å². The topological polar surface area (TPSA) is 26.0 Å². The van der Waals surface area contributed by atoms with Crippen molar-refractivity contribution in [2.24, 2.45) is 5.73 Å². The Balaban J connectivity index is 2.13. The molecule has 2 rings (SSSR count). The minimum atomic E-state index is 0.139. The lowest BCUT2D eigenvalue weighted by Gasteiger charge is -2.00. The normalized spacial score (nSPS) is 18.7. The van der Waals surface area contributed by atoms with E-state index in [9.17, 15) is 0 Å². The number of benzene rings is 1. The van der Waals surface area contributed by atoms with Gasteiger partial charge in [0.15, 0.2) is 0 Å². The van der Waals surface area contributed by atoms with E-state index in [4.69, 9.17) is 5.73 Å². The molecule has 0 aliphatic heterocycles. The summed E-state index contributed by atoms with van der Waals surface area (Å²) < 4.78 is 0. The SMILES string of the molecule is CC(N)/C=C/c1cccc(C2CC2)c1. The first-order chi connectivity index (χ1) is 6.75. The first kappa shape index (κ1) is 9.47. The Bertz CT molecular complexity index is 335. The highest BCUT2D eigenvalue weighted by Crippen LogP contribution is 2.40. The molecule has 74 valence electrons. The standard InChI is InChI=1S/C13H17N/c1-10(14)5-6-11-3-2-4-13(9-11)12-7-8-12/h2-6,9-10,12H,7-8,14H2,1H3/b6-5+. The van der Waals surface area contributed by atoms with Gasteiger partial charge >= 0.3 is 0 Å². The van der Waals surface area contributed by atoms with Crippen LogP contribution in [0.5, 0.6) is 0 Å². The van der Waals surface area contributed by atoms with Gasteiger partial charge in [-0.05, 0) is 36.8 Å². The molecule has 1 aliphatic carbocycles. The Morgan fingerprint density at radius 3 is 2.86 bits per heavy atom. The summed E-state index contributed by atoms with van der Waals surface area (Å²) in [6, 6.07) is 8.90. The molecule has 2 N–H and O–H groups in total. The molecule has 0 aromatic heterocycles. The van der Waals surface area contributed by atoms with Crippen molar-refractivity contribution in [2.75, 3.05) is 0 Å². The van der Waals surface area contributed by atoms with Gasteiger partial charge in [0.1, 0.15) is 0 Å². The molecule has 1 fully saturated rings. The summed E-state index contributed by atoms with van der Waals surface area (Å²) in [4.78, 5) is 0.